The number of benzene rings is 1. The highest BCUT2D eigenvalue weighted by Crippen LogP contribution is 2.14. The molecule has 2 aromatic rings. The zero-order valence-electron chi connectivity index (χ0n) is 15.4. The number of rotatable bonds is 5. The van der Waals surface area contributed by atoms with Gasteiger partial charge in [-0.3, -0.25) is 9.67 Å². The van der Waals surface area contributed by atoms with Crippen LogP contribution in [-0.4, -0.2) is 28.8 Å². The predicted octanol–water partition coefficient (Wildman–Crippen LogP) is 3.09. The van der Waals surface area contributed by atoms with E-state index in [9.17, 15) is 4.39 Å². The number of aromatic nitrogens is 2. The van der Waals surface area contributed by atoms with Crippen molar-refractivity contribution >= 4 is 29.9 Å². The maximum Gasteiger partial charge on any atom is 0.191 e. The van der Waals surface area contributed by atoms with Gasteiger partial charge in [-0.05, 0) is 38.8 Å². The molecular formula is C18H27FIN5. The molecule has 0 bridgehead atoms. The molecule has 1 atom stereocenters. The second-order valence-corrected chi connectivity index (χ2v) is 6.04. The summed E-state index contributed by atoms with van der Waals surface area (Å²) in [7, 11) is 3.67. The van der Waals surface area contributed by atoms with Gasteiger partial charge in [-0.2, -0.15) is 5.10 Å². The van der Waals surface area contributed by atoms with Gasteiger partial charge in [0, 0.05) is 37.9 Å². The number of hydrogen-bond acceptors (Lipinski definition) is 2. The molecule has 0 amide bonds. The average molecular weight is 459 g/mol. The van der Waals surface area contributed by atoms with Crippen molar-refractivity contribution in [3.05, 3.63) is 52.6 Å². The maximum atomic E-state index is 13.7. The van der Waals surface area contributed by atoms with Crippen molar-refractivity contribution < 1.29 is 4.39 Å². The van der Waals surface area contributed by atoms with Crippen LogP contribution in [0.15, 0.2) is 29.3 Å². The van der Waals surface area contributed by atoms with Crippen LogP contribution in [0, 0.1) is 19.7 Å². The molecule has 5 nitrogen and oxygen atoms in total. The molecule has 2 rings (SSSR count). The number of halogens is 2. The standard InChI is InChI=1S/C18H26FN5.HI/c1-12(10-16-13(2)23-24(5)14(16)3)22-18(20-4)21-11-15-8-6-7-9-17(15)19;/h6-9,12H,10-11H2,1-5H3,(H2,20,21,22);1H. The van der Waals surface area contributed by atoms with Gasteiger partial charge in [0.2, 0.25) is 0 Å². The molecule has 0 fully saturated rings. The zero-order valence-corrected chi connectivity index (χ0v) is 17.8. The Morgan fingerprint density at radius 3 is 2.56 bits per heavy atom. The van der Waals surface area contributed by atoms with Crippen LogP contribution in [0.2, 0.25) is 0 Å². The SMILES string of the molecule is CN=C(NCc1ccccc1F)NC(C)Cc1c(C)nn(C)c1C.I. The van der Waals surface area contributed by atoms with Crippen LogP contribution in [-0.2, 0) is 20.0 Å². The summed E-state index contributed by atoms with van der Waals surface area (Å²) in [6.07, 6.45) is 0.853. The summed E-state index contributed by atoms with van der Waals surface area (Å²) in [5.74, 6) is 0.445. The Kier molecular flexibility index (Phi) is 8.34. The number of aryl methyl sites for hydroxylation is 2. The minimum absolute atomic E-state index is 0. The first-order valence-corrected chi connectivity index (χ1v) is 8.12. The molecule has 0 spiro atoms. The second-order valence-electron chi connectivity index (χ2n) is 6.04. The predicted molar refractivity (Wildman–Crippen MR) is 111 cm³/mol. The molecule has 0 radical (unpaired) electrons. The first-order chi connectivity index (χ1) is 11.4. The molecule has 1 unspecified atom stereocenters. The molecule has 1 aromatic carbocycles. The summed E-state index contributed by atoms with van der Waals surface area (Å²) >= 11 is 0. The highest BCUT2D eigenvalue weighted by atomic mass is 127. The van der Waals surface area contributed by atoms with Gasteiger partial charge in [0.15, 0.2) is 5.96 Å². The molecule has 7 heteroatoms. The van der Waals surface area contributed by atoms with Crippen LogP contribution in [0.5, 0.6) is 0 Å². The van der Waals surface area contributed by atoms with E-state index in [1.807, 2.05) is 24.7 Å². The molecule has 1 heterocycles. The lowest BCUT2D eigenvalue weighted by molar-refractivity contribution is 0.599. The van der Waals surface area contributed by atoms with Gasteiger partial charge in [-0.1, -0.05) is 18.2 Å². The Morgan fingerprint density at radius 1 is 1.32 bits per heavy atom. The quantitative estimate of drug-likeness (QED) is 0.411. The van der Waals surface area contributed by atoms with E-state index in [2.05, 4.69) is 34.6 Å². The lowest BCUT2D eigenvalue weighted by Gasteiger charge is -2.18. The van der Waals surface area contributed by atoms with Crippen LogP contribution in [0.4, 0.5) is 4.39 Å². The number of guanidine groups is 1. The minimum atomic E-state index is -0.213. The van der Waals surface area contributed by atoms with E-state index in [1.54, 1.807) is 19.2 Å². The van der Waals surface area contributed by atoms with Gasteiger partial charge in [0.05, 0.1) is 5.69 Å². The zero-order chi connectivity index (χ0) is 17.7. The number of hydrogen-bond donors (Lipinski definition) is 2. The summed E-state index contributed by atoms with van der Waals surface area (Å²) < 4.78 is 15.6. The highest BCUT2D eigenvalue weighted by Gasteiger charge is 2.14. The molecule has 0 aliphatic carbocycles. The van der Waals surface area contributed by atoms with Crippen molar-refractivity contribution in [2.75, 3.05) is 7.05 Å². The lowest BCUT2D eigenvalue weighted by Crippen LogP contribution is -2.42. The number of nitrogens with one attached hydrogen (secondary N) is 2. The monoisotopic (exact) mass is 459 g/mol. The molecule has 0 saturated heterocycles. The van der Waals surface area contributed by atoms with Crippen LogP contribution in [0.3, 0.4) is 0 Å². The molecule has 0 aliphatic heterocycles. The van der Waals surface area contributed by atoms with E-state index in [0.717, 1.165) is 12.1 Å². The Labute approximate surface area is 166 Å². The summed E-state index contributed by atoms with van der Waals surface area (Å²) in [5, 5.41) is 11.0. The molecule has 1 aromatic heterocycles. The minimum Gasteiger partial charge on any atom is -0.354 e. The van der Waals surface area contributed by atoms with Crippen molar-refractivity contribution in [1.82, 2.24) is 20.4 Å². The molecule has 0 aliphatic rings. The summed E-state index contributed by atoms with van der Waals surface area (Å²) in [6, 6.07) is 6.92. The topological polar surface area (TPSA) is 54.2 Å². The third-order valence-corrected chi connectivity index (χ3v) is 4.18. The van der Waals surface area contributed by atoms with E-state index in [1.165, 1.54) is 17.3 Å². The summed E-state index contributed by atoms with van der Waals surface area (Å²) in [6.45, 7) is 6.60. The molecule has 2 N–H and O–H groups in total. The third-order valence-electron chi connectivity index (χ3n) is 4.18. The first-order valence-electron chi connectivity index (χ1n) is 8.12. The normalized spacial score (nSPS) is 12.5. The van der Waals surface area contributed by atoms with E-state index in [-0.39, 0.29) is 35.8 Å². The van der Waals surface area contributed by atoms with Gasteiger partial charge < -0.3 is 10.6 Å². The van der Waals surface area contributed by atoms with Crippen LogP contribution >= 0.6 is 24.0 Å². The van der Waals surface area contributed by atoms with Crippen molar-refractivity contribution in [3.8, 4) is 0 Å². The average Bonchev–Trinajstić information content (AvgIpc) is 2.79. The fourth-order valence-corrected chi connectivity index (χ4v) is 2.72. The number of aliphatic imine (C=N–C) groups is 1. The summed E-state index contributed by atoms with van der Waals surface area (Å²) in [4.78, 5) is 4.22. The summed E-state index contributed by atoms with van der Waals surface area (Å²) in [5.41, 5.74) is 4.10. The first kappa shape index (κ1) is 21.4. The van der Waals surface area contributed by atoms with Gasteiger partial charge in [0.1, 0.15) is 5.82 Å². The van der Waals surface area contributed by atoms with Crippen molar-refractivity contribution in [1.29, 1.82) is 0 Å². The van der Waals surface area contributed by atoms with Gasteiger partial charge in [0.25, 0.3) is 0 Å². The maximum absolute atomic E-state index is 13.7. The molecule has 0 saturated carbocycles. The Morgan fingerprint density at radius 2 is 2.00 bits per heavy atom. The fraction of sp³-hybridized carbons (Fsp3) is 0.444. The van der Waals surface area contributed by atoms with Crippen LogP contribution < -0.4 is 10.6 Å². The van der Waals surface area contributed by atoms with E-state index >= 15 is 0 Å². The van der Waals surface area contributed by atoms with Crippen LogP contribution in [0.25, 0.3) is 0 Å². The molecule has 25 heavy (non-hydrogen) atoms. The van der Waals surface area contributed by atoms with Crippen LogP contribution in [0.1, 0.15) is 29.4 Å². The van der Waals surface area contributed by atoms with Crippen molar-refractivity contribution in [2.45, 2.75) is 39.8 Å². The molecule has 138 valence electrons. The van der Waals surface area contributed by atoms with Crippen molar-refractivity contribution in [2.24, 2.45) is 12.0 Å². The Hall–Kier alpha value is -1.64. The van der Waals surface area contributed by atoms with E-state index < -0.39 is 0 Å². The smallest absolute Gasteiger partial charge is 0.191 e. The third kappa shape index (κ3) is 5.69. The Bertz CT molecular complexity index is 726. The van der Waals surface area contributed by atoms with E-state index in [0.29, 0.717) is 18.1 Å². The molecular weight excluding hydrogens is 432 g/mol. The van der Waals surface area contributed by atoms with Gasteiger partial charge >= 0.3 is 0 Å². The van der Waals surface area contributed by atoms with E-state index in [4.69, 9.17) is 0 Å². The lowest BCUT2D eigenvalue weighted by atomic mass is 10.1. The van der Waals surface area contributed by atoms with Crippen molar-refractivity contribution in [3.63, 3.8) is 0 Å². The second kappa shape index (κ2) is 9.74. The van der Waals surface area contributed by atoms with Gasteiger partial charge in [-0.15, -0.1) is 24.0 Å². The van der Waals surface area contributed by atoms with Gasteiger partial charge in [-0.25, -0.2) is 4.39 Å². The number of nitrogens with zero attached hydrogens (tertiary/aromatic N) is 3. The highest BCUT2D eigenvalue weighted by molar-refractivity contribution is 14.0. The largest absolute Gasteiger partial charge is 0.354 e. The Balaban J connectivity index is 0.00000312. The fourth-order valence-electron chi connectivity index (χ4n) is 2.72.